The van der Waals surface area contributed by atoms with Crippen molar-refractivity contribution in [1.82, 2.24) is 20.2 Å². The van der Waals surface area contributed by atoms with Gasteiger partial charge in [-0.15, -0.1) is 11.3 Å². The molecular weight excluding hydrogens is 384 g/mol. The van der Waals surface area contributed by atoms with Gasteiger partial charge in [0, 0.05) is 27.9 Å². The van der Waals surface area contributed by atoms with Crippen LogP contribution >= 0.6 is 11.3 Å². The quantitative estimate of drug-likeness (QED) is 0.412. The van der Waals surface area contributed by atoms with Crippen LogP contribution in [-0.2, 0) is 0 Å². The second-order valence-electron chi connectivity index (χ2n) is 6.64. The monoisotopic (exact) mass is 398 g/mol. The molecule has 0 aliphatic carbocycles. The standard InChI is InChI=1S/C21H14N6OS/c1-11-25-20(10-29-11)21(28)26-18-6-13(7-19-16(18)9-24-27-19)15-4-12(8-22)5-17-14(15)2-3-23-17/h2-7,9-10,23H,1H3,(H,24,27)(H,26,28). The van der Waals surface area contributed by atoms with Gasteiger partial charge in [0.15, 0.2) is 0 Å². The van der Waals surface area contributed by atoms with Gasteiger partial charge in [-0.05, 0) is 48.4 Å². The smallest absolute Gasteiger partial charge is 0.275 e. The fraction of sp³-hybridized carbons (Fsp3) is 0.0476. The molecule has 0 spiro atoms. The van der Waals surface area contributed by atoms with Gasteiger partial charge in [-0.1, -0.05) is 0 Å². The van der Waals surface area contributed by atoms with Crippen LogP contribution in [0.1, 0.15) is 21.1 Å². The van der Waals surface area contributed by atoms with Gasteiger partial charge in [-0.3, -0.25) is 9.89 Å². The highest BCUT2D eigenvalue weighted by Crippen LogP contribution is 2.35. The first-order chi connectivity index (χ1) is 14.1. The Balaban J connectivity index is 1.66. The summed E-state index contributed by atoms with van der Waals surface area (Å²) in [5.41, 5.74) is 5.01. The van der Waals surface area contributed by atoms with Gasteiger partial charge < -0.3 is 10.3 Å². The second-order valence-corrected chi connectivity index (χ2v) is 7.70. The van der Waals surface area contributed by atoms with Crippen LogP contribution in [0.4, 0.5) is 5.69 Å². The molecule has 0 bridgehead atoms. The zero-order valence-electron chi connectivity index (χ0n) is 15.3. The predicted octanol–water partition coefficient (Wildman–Crippen LogP) is 4.60. The molecule has 8 heteroatoms. The average molecular weight is 398 g/mol. The summed E-state index contributed by atoms with van der Waals surface area (Å²) in [5, 5.41) is 23.8. The lowest BCUT2D eigenvalue weighted by atomic mass is 9.97. The Morgan fingerprint density at radius 3 is 2.90 bits per heavy atom. The number of nitrogens with one attached hydrogen (secondary N) is 3. The lowest BCUT2D eigenvalue weighted by Crippen LogP contribution is -2.12. The van der Waals surface area contributed by atoms with Gasteiger partial charge in [0.05, 0.1) is 34.0 Å². The van der Waals surface area contributed by atoms with E-state index >= 15 is 0 Å². The number of H-pyrrole nitrogens is 2. The Hall–Kier alpha value is -3.96. The molecule has 0 radical (unpaired) electrons. The molecule has 140 valence electrons. The lowest BCUT2D eigenvalue weighted by molar-refractivity contribution is 0.102. The topological polar surface area (TPSA) is 110 Å². The minimum atomic E-state index is -0.272. The molecular formula is C21H14N6OS. The fourth-order valence-corrected chi connectivity index (χ4v) is 4.03. The summed E-state index contributed by atoms with van der Waals surface area (Å²) in [7, 11) is 0. The summed E-state index contributed by atoms with van der Waals surface area (Å²) in [6.07, 6.45) is 3.52. The number of benzene rings is 2. The SMILES string of the molecule is Cc1nc(C(=O)Nc2cc(-c3cc(C#N)cc4[nH]ccc34)cc3[nH]ncc23)cs1. The normalized spacial score (nSPS) is 11.0. The van der Waals surface area contributed by atoms with Crippen molar-refractivity contribution in [2.45, 2.75) is 6.92 Å². The van der Waals surface area contributed by atoms with Gasteiger partial charge >= 0.3 is 0 Å². The molecule has 3 N–H and O–H groups in total. The largest absolute Gasteiger partial charge is 0.361 e. The highest BCUT2D eigenvalue weighted by molar-refractivity contribution is 7.09. The van der Waals surface area contributed by atoms with E-state index < -0.39 is 0 Å². The molecule has 0 fully saturated rings. The van der Waals surface area contributed by atoms with E-state index in [-0.39, 0.29) is 5.91 Å². The number of carbonyl (C=O) groups excluding carboxylic acids is 1. The van der Waals surface area contributed by atoms with E-state index in [0.717, 1.165) is 37.9 Å². The molecule has 0 aliphatic heterocycles. The number of amides is 1. The Morgan fingerprint density at radius 1 is 1.21 bits per heavy atom. The van der Waals surface area contributed by atoms with Crippen molar-refractivity contribution in [2.24, 2.45) is 0 Å². The molecule has 0 saturated carbocycles. The maximum Gasteiger partial charge on any atom is 0.275 e. The predicted molar refractivity (Wildman–Crippen MR) is 113 cm³/mol. The number of aromatic amines is 2. The Bertz CT molecular complexity index is 1430. The summed E-state index contributed by atoms with van der Waals surface area (Å²) in [4.78, 5) is 20.1. The van der Waals surface area contributed by atoms with Gasteiger partial charge in [0.25, 0.3) is 5.91 Å². The minimum Gasteiger partial charge on any atom is -0.361 e. The van der Waals surface area contributed by atoms with E-state index in [4.69, 9.17) is 0 Å². The number of hydrogen-bond acceptors (Lipinski definition) is 5. The molecule has 0 unspecified atom stereocenters. The highest BCUT2D eigenvalue weighted by atomic mass is 32.1. The van der Waals surface area contributed by atoms with Crippen LogP contribution in [0.15, 0.2) is 48.1 Å². The number of fused-ring (bicyclic) bond motifs is 2. The van der Waals surface area contributed by atoms with Crippen LogP contribution < -0.4 is 5.32 Å². The van der Waals surface area contributed by atoms with Crippen molar-refractivity contribution < 1.29 is 4.79 Å². The molecule has 7 nitrogen and oxygen atoms in total. The molecule has 3 heterocycles. The summed E-state index contributed by atoms with van der Waals surface area (Å²) < 4.78 is 0. The maximum atomic E-state index is 12.7. The molecule has 5 rings (SSSR count). The van der Waals surface area contributed by atoms with Crippen LogP contribution in [0.5, 0.6) is 0 Å². The molecule has 2 aromatic carbocycles. The first kappa shape index (κ1) is 17.2. The average Bonchev–Trinajstić information content (AvgIpc) is 3.46. The number of nitriles is 1. The van der Waals surface area contributed by atoms with Crippen molar-refractivity contribution >= 4 is 44.7 Å². The Kier molecular flexibility index (Phi) is 3.89. The summed E-state index contributed by atoms with van der Waals surface area (Å²) in [6.45, 7) is 1.86. The van der Waals surface area contributed by atoms with E-state index in [1.807, 2.05) is 43.5 Å². The first-order valence-electron chi connectivity index (χ1n) is 8.84. The second kappa shape index (κ2) is 6.58. The van der Waals surface area contributed by atoms with Gasteiger partial charge in [0.1, 0.15) is 5.69 Å². The molecule has 0 saturated heterocycles. The zero-order chi connectivity index (χ0) is 20.0. The van der Waals surface area contributed by atoms with Crippen LogP contribution in [0, 0.1) is 18.3 Å². The Labute approximate surface area is 169 Å². The van der Waals surface area contributed by atoms with Crippen molar-refractivity contribution in [2.75, 3.05) is 5.32 Å². The van der Waals surface area contributed by atoms with E-state index in [9.17, 15) is 10.1 Å². The molecule has 0 aliphatic rings. The maximum absolute atomic E-state index is 12.7. The van der Waals surface area contributed by atoms with Crippen molar-refractivity contribution in [3.8, 4) is 17.2 Å². The molecule has 5 aromatic rings. The third-order valence-electron chi connectivity index (χ3n) is 4.77. The van der Waals surface area contributed by atoms with Crippen molar-refractivity contribution in [1.29, 1.82) is 5.26 Å². The van der Waals surface area contributed by atoms with Crippen LogP contribution in [0.2, 0.25) is 0 Å². The lowest BCUT2D eigenvalue weighted by Gasteiger charge is -2.10. The van der Waals surface area contributed by atoms with Crippen molar-refractivity contribution in [3.05, 3.63) is 64.4 Å². The number of carbonyl (C=O) groups is 1. The van der Waals surface area contributed by atoms with E-state index in [1.165, 1.54) is 11.3 Å². The summed E-state index contributed by atoms with van der Waals surface area (Å²) in [6, 6.07) is 11.7. The number of hydrogen-bond donors (Lipinski definition) is 3. The van der Waals surface area contributed by atoms with Gasteiger partial charge in [-0.2, -0.15) is 10.4 Å². The first-order valence-corrected chi connectivity index (χ1v) is 9.72. The fourth-order valence-electron chi connectivity index (χ4n) is 3.43. The molecule has 29 heavy (non-hydrogen) atoms. The van der Waals surface area contributed by atoms with E-state index in [1.54, 1.807) is 11.6 Å². The molecule has 0 atom stereocenters. The molecule has 1 amide bonds. The van der Waals surface area contributed by atoms with Crippen LogP contribution in [0.25, 0.3) is 32.9 Å². The summed E-state index contributed by atoms with van der Waals surface area (Å²) >= 11 is 1.43. The minimum absolute atomic E-state index is 0.272. The number of nitrogens with zero attached hydrogens (tertiary/aromatic N) is 3. The Morgan fingerprint density at radius 2 is 2.10 bits per heavy atom. The molecule has 3 aromatic heterocycles. The number of aryl methyl sites for hydroxylation is 1. The van der Waals surface area contributed by atoms with Crippen molar-refractivity contribution in [3.63, 3.8) is 0 Å². The van der Waals surface area contributed by atoms with Gasteiger partial charge in [-0.25, -0.2) is 4.98 Å². The number of rotatable bonds is 3. The third kappa shape index (κ3) is 2.94. The van der Waals surface area contributed by atoms with Gasteiger partial charge in [0.2, 0.25) is 0 Å². The number of aromatic nitrogens is 4. The zero-order valence-corrected chi connectivity index (χ0v) is 16.1. The van der Waals surface area contributed by atoms with E-state index in [0.29, 0.717) is 16.9 Å². The number of anilines is 1. The van der Waals surface area contributed by atoms with Crippen LogP contribution in [0.3, 0.4) is 0 Å². The third-order valence-corrected chi connectivity index (χ3v) is 5.54. The summed E-state index contributed by atoms with van der Waals surface area (Å²) in [5.74, 6) is -0.272. The highest BCUT2D eigenvalue weighted by Gasteiger charge is 2.15. The van der Waals surface area contributed by atoms with E-state index in [2.05, 4.69) is 31.6 Å². The van der Waals surface area contributed by atoms with Crippen LogP contribution in [-0.4, -0.2) is 26.1 Å². The number of thiazole rings is 1.